The molecule has 124 valence electrons. The normalized spacial score (nSPS) is 15.7. The Bertz CT molecular complexity index is 526. The van der Waals surface area contributed by atoms with Crippen molar-refractivity contribution in [1.29, 1.82) is 0 Å². The fraction of sp³-hybridized carbons (Fsp3) is 0.800. The number of amides is 2. The van der Waals surface area contributed by atoms with Gasteiger partial charge in [0.1, 0.15) is 5.82 Å². The highest BCUT2D eigenvalue weighted by Crippen LogP contribution is 2.24. The summed E-state index contributed by atoms with van der Waals surface area (Å²) in [5, 5.41) is 14.6. The smallest absolute Gasteiger partial charge is 0.315 e. The largest absolute Gasteiger partial charge is 0.337 e. The first-order valence-electron chi connectivity index (χ1n) is 7.85. The summed E-state index contributed by atoms with van der Waals surface area (Å²) in [6, 6.07) is -0.257. The molecule has 0 radical (unpaired) electrons. The Morgan fingerprint density at radius 2 is 2.14 bits per heavy atom. The molecule has 0 aliphatic carbocycles. The van der Waals surface area contributed by atoms with Crippen LogP contribution in [0.5, 0.6) is 0 Å². The van der Waals surface area contributed by atoms with Gasteiger partial charge in [0.25, 0.3) is 0 Å². The van der Waals surface area contributed by atoms with Crippen molar-refractivity contribution in [2.45, 2.75) is 57.9 Å². The molecule has 7 heteroatoms. The van der Waals surface area contributed by atoms with Crippen LogP contribution in [0.25, 0.3) is 0 Å². The summed E-state index contributed by atoms with van der Waals surface area (Å²) in [7, 11) is 0. The molecule has 0 saturated heterocycles. The first kappa shape index (κ1) is 17.1. The molecule has 2 heterocycles. The van der Waals surface area contributed by atoms with E-state index in [2.05, 4.69) is 59.3 Å². The predicted molar refractivity (Wildman–Crippen MR) is 90.1 cm³/mol. The summed E-state index contributed by atoms with van der Waals surface area (Å²) >= 11 is 1.74. The lowest BCUT2D eigenvalue weighted by Gasteiger charge is -2.25. The van der Waals surface area contributed by atoms with Crippen LogP contribution in [-0.4, -0.2) is 38.3 Å². The van der Waals surface area contributed by atoms with E-state index in [9.17, 15) is 4.79 Å². The number of thioether (sulfide) groups is 1. The molecule has 1 aliphatic heterocycles. The molecule has 2 amide bonds. The molecule has 1 unspecified atom stereocenters. The van der Waals surface area contributed by atoms with Gasteiger partial charge in [-0.2, -0.15) is 11.8 Å². The van der Waals surface area contributed by atoms with Crippen LogP contribution in [0.4, 0.5) is 4.79 Å². The second kappa shape index (κ2) is 6.89. The number of nitrogens with zero attached hydrogens (tertiary/aromatic N) is 3. The number of urea groups is 1. The minimum Gasteiger partial charge on any atom is -0.337 e. The van der Waals surface area contributed by atoms with E-state index >= 15 is 0 Å². The van der Waals surface area contributed by atoms with Gasteiger partial charge in [-0.1, -0.05) is 13.8 Å². The maximum atomic E-state index is 12.2. The fourth-order valence-electron chi connectivity index (χ4n) is 2.49. The molecule has 2 N–H and O–H groups in total. The molecule has 22 heavy (non-hydrogen) atoms. The van der Waals surface area contributed by atoms with Gasteiger partial charge in [0.2, 0.25) is 0 Å². The maximum absolute atomic E-state index is 12.2. The standard InChI is InChI=1S/C15H27N5OS/c1-10(2)12(13-19-18-11-7-6-8-20(11)13)17-14(21)16-9-15(3,4)22-5/h10,12H,6-9H2,1-5H3,(H2,16,17,21). The third kappa shape index (κ3) is 3.94. The van der Waals surface area contributed by atoms with Gasteiger partial charge in [-0.05, 0) is 32.4 Å². The maximum Gasteiger partial charge on any atom is 0.315 e. The van der Waals surface area contributed by atoms with Crippen molar-refractivity contribution in [3.8, 4) is 0 Å². The van der Waals surface area contributed by atoms with Crippen molar-refractivity contribution < 1.29 is 4.79 Å². The van der Waals surface area contributed by atoms with Gasteiger partial charge in [-0.3, -0.25) is 0 Å². The van der Waals surface area contributed by atoms with Crippen molar-refractivity contribution in [2.75, 3.05) is 12.8 Å². The Kier molecular flexibility index (Phi) is 5.36. The minimum atomic E-state index is -0.142. The average molecular weight is 325 g/mol. The highest BCUT2D eigenvalue weighted by molar-refractivity contribution is 7.99. The first-order chi connectivity index (χ1) is 10.3. The number of hydrogen-bond acceptors (Lipinski definition) is 4. The summed E-state index contributed by atoms with van der Waals surface area (Å²) in [4.78, 5) is 12.2. The molecular weight excluding hydrogens is 298 g/mol. The lowest BCUT2D eigenvalue weighted by atomic mass is 10.0. The highest BCUT2D eigenvalue weighted by Gasteiger charge is 2.28. The zero-order chi connectivity index (χ0) is 16.3. The number of carbonyl (C=O) groups excluding carboxylic acids is 1. The van der Waals surface area contributed by atoms with E-state index in [1.807, 2.05) is 0 Å². The number of fused-ring (bicyclic) bond motifs is 1. The number of aromatic nitrogens is 3. The zero-order valence-corrected chi connectivity index (χ0v) is 15.0. The Balaban J connectivity index is 2.02. The van der Waals surface area contributed by atoms with E-state index in [-0.39, 0.29) is 22.7 Å². The summed E-state index contributed by atoms with van der Waals surface area (Å²) in [5.41, 5.74) is 0. The summed E-state index contributed by atoms with van der Waals surface area (Å²) in [6.45, 7) is 9.99. The fourth-order valence-corrected chi connectivity index (χ4v) is 2.71. The highest BCUT2D eigenvalue weighted by atomic mass is 32.2. The van der Waals surface area contributed by atoms with Crippen LogP contribution >= 0.6 is 11.8 Å². The summed E-state index contributed by atoms with van der Waals surface area (Å²) in [5.74, 6) is 2.17. The first-order valence-corrected chi connectivity index (χ1v) is 9.08. The molecule has 6 nitrogen and oxygen atoms in total. The van der Waals surface area contributed by atoms with Crippen LogP contribution in [0.2, 0.25) is 0 Å². The summed E-state index contributed by atoms with van der Waals surface area (Å²) < 4.78 is 2.18. The van der Waals surface area contributed by atoms with Gasteiger partial charge in [0, 0.05) is 24.3 Å². The Morgan fingerprint density at radius 3 is 2.77 bits per heavy atom. The third-order valence-corrected chi connectivity index (χ3v) is 5.35. The van der Waals surface area contributed by atoms with E-state index in [1.54, 1.807) is 11.8 Å². The lowest BCUT2D eigenvalue weighted by Crippen LogP contribution is -2.44. The Hall–Kier alpha value is -1.24. The van der Waals surface area contributed by atoms with Crippen molar-refractivity contribution in [2.24, 2.45) is 5.92 Å². The van der Waals surface area contributed by atoms with Crippen molar-refractivity contribution in [1.82, 2.24) is 25.4 Å². The zero-order valence-electron chi connectivity index (χ0n) is 14.1. The average Bonchev–Trinajstić information content (AvgIpc) is 3.05. The molecule has 1 aromatic heterocycles. The van der Waals surface area contributed by atoms with E-state index in [0.29, 0.717) is 6.54 Å². The molecule has 1 atom stereocenters. The van der Waals surface area contributed by atoms with Crippen LogP contribution in [-0.2, 0) is 13.0 Å². The van der Waals surface area contributed by atoms with Crippen LogP contribution < -0.4 is 10.6 Å². The summed E-state index contributed by atoms with van der Waals surface area (Å²) in [6.07, 6.45) is 4.14. The van der Waals surface area contributed by atoms with Crippen molar-refractivity contribution in [3.05, 3.63) is 11.6 Å². The lowest BCUT2D eigenvalue weighted by molar-refractivity contribution is 0.230. The van der Waals surface area contributed by atoms with Crippen molar-refractivity contribution >= 4 is 17.8 Å². The van der Waals surface area contributed by atoms with Crippen LogP contribution in [0.3, 0.4) is 0 Å². The van der Waals surface area contributed by atoms with Gasteiger partial charge in [-0.25, -0.2) is 4.79 Å². The molecule has 1 aliphatic rings. The monoisotopic (exact) mass is 325 g/mol. The topological polar surface area (TPSA) is 71.8 Å². The quantitative estimate of drug-likeness (QED) is 0.842. The van der Waals surface area contributed by atoms with Crippen LogP contribution in [0, 0.1) is 5.92 Å². The van der Waals surface area contributed by atoms with E-state index in [1.165, 1.54) is 0 Å². The van der Waals surface area contributed by atoms with Gasteiger partial charge in [0.15, 0.2) is 5.82 Å². The molecule has 0 fully saturated rings. The van der Waals surface area contributed by atoms with Gasteiger partial charge in [-0.15, -0.1) is 10.2 Å². The van der Waals surface area contributed by atoms with Gasteiger partial charge < -0.3 is 15.2 Å². The number of carbonyl (C=O) groups is 1. The molecule has 1 aromatic rings. The number of nitrogens with one attached hydrogen (secondary N) is 2. The van der Waals surface area contributed by atoms with Crippen LogP contribution in [0.15, 0.2) is 0 Å². The van der Waals surface area contributed by atoms with Gasteiger partial charge >= 0.3 is 6.03 Å². The molecule has 0 saturated carbocycles. The second-order valence-corrected chi connectivity index (χ2v) is 8.26. The second-order valence-electron chi connectivity index (χ2n) is 6.74. The number of hydrogen-bond donors (Lipinski definition) is 2. The molecular formula is C15H27N5OS. The third-order valence-electron chi connectivity index (χ3n) is 4.10. The Labute approximate surface area is 136 Å². The SMILES string of the molecule is CSC(C)(C)CNC(=O)NC(c1nnc2n1CCC2)C(C)C. The van der Waals surface area contributed by atoms with E-state index in [0.717, 1.165) is 31.0 Å². The van der Waals surface area contributed by atoms with Crippen LogP contribution in [0.1, 0.15) is 51.8 Å². The van der Waals surface area contributed by atoms with E-state index < -0.39 is 0 Å². The molecule has 0 aromatic carbocycles. The predicted octanol–water partition coefficient (Wildman–Crippen LogP) is 2.36. The molecule has 0 spiro atoms. The molecule has 0 bridgehead atoms. The number of aryl methyl sites for hydroxylation is 1. The Morgan fingerprint density at radius 1 is 1.41 bits per heavy atom. The molecule has 2 rings (SSSR count). The van der Waals surface area contributed by atoms with Gasteiger partial charge in [0.05, 0.1) is 6.04 Å². The van der Waals surface area contributed by atoms with E-state index in [4.69, 9.17) is 0 Å². The number of rotatable bonds is 6. The van der Waals surface area contributed by atoms with Crippen molar-refractivity contribution in [3.63, 3.8) is 0 Å². The minimum absolute atomic E-state index is 0.0285.